The molecule has 1 saturated carbocycles. The summed E-state index contributed by atoms with van der Waals surface area (Å²) in [7, 11) is -3.43. The molecule has 1 N–H and O–H groups in total. The maximum Gasteiger partial charge on any atom is 0.308 e. The fourth-order valence-electron chi connectivity index (χ4n) is 4.11. The van der Waals surface area contributed by atoms with Crippen LogP contribution in [0.4, 0.5) is 0 Å². The topological polar surface area (TPSA) is 91.8 Å². The van der Waals surface area contributed by atoms with Gasteiger partial charge in [-0.25, -0.2) is 8.42 Å². The number of nitrogens with zero attached hydrogens (tertiary/aromatic N) is 1. The molecule has 3 atom stereocenters. The molecule has 0 radical (unpaired) electrons. The minimum atomic E-state index is -3.43. The van der Waals surface area contributed by atoms with Crippen molar-refractivity contribution < 1.29 is 23.1 Å². The fourth-order valence-corrected chi connectivity index (χ4v) is 4.83. The average Bonchev–Trinajstić information content (AvgIpc) is 2.55. The number of benzene rings is 1. The van der Waals surface area contributed by atoms with E-state index in [-0.39, 0.29) is 22.8 Å². The van der Waals surface area contributed by atoms with Crippen LogP contribution in [0.3, 0.4) is 0 Å². The first-order valence-corrected chi connectivity index (χ1v) is 10.3. The van der Waals surface area contributed by atoms with Crippen LogP contribution in [0.5, 0.6) is 0 Å². The Balaban J connectivity index is 2.01. The van der Waals surface area contributed by atoms with Crippen LogP contribution in [-0.2, 0) is 14.6 Å². The number of hydrogen-bond acceptors (Lipinski definition) is 4. The number of fused-ring (bicyclic) bond motifs is 3. The molecule has 3 unspecified atom stereocenters. The van der Waals surface area contributed by atoms with Crippen LogP contribution in [0.1, 0.15) is 40.7 Å². The van der Waals surface area contributed by atoms with Gasteiger partial charge >= 0.3 is 5.97 Å². The Morgan fingerprint density at radius 3 is 2.44 bits per heavy atom. The van der Waals surface area contributed by atoms with E-state index >= 15 is 0 Å². The van der Waals surface area contributed by atoms with Crippen LogP contribution in [0.15, 0.2) is 17.0 Å². The van der Waals surface area contributed by atoms with Crippen molar-refractivity contribution in [2.24, 2.45) is 11.8 Å². The molecule has 7 heteroatoms. The highest BCUT2D eigenvalue weighted by molar-refractivity contribution is 7.90. The van der Waals surface area contributed by atoms with E-state index in [2.05, 4.69) is 0 Å². The van der Waals surface area contributed by atoms with Crippen molar-refractivity contribution >= 4 is 21.7 Å². The summed E-state index contributed by atoms with van der Waals surface area (Å²) >= 11 is 0. The zero-order valence-electron chi connectivity index (χ0n) is 14.7. The number of amides is 1. The zero-order chi connectivity index (χ0) is 18.5. The Morgan fingerprint density at radius 2 is 1.88 bits per heavy atom. The molecular formula is C18H23NO5S. The lowest BCUT2D eigenvalue weighted by atomic mass is 9.72. The molecule has 2 aliphatic heterocycles. The Labute approximate surface area is 147 Å². The summed E-state index contributed by atoms with van der Waals surface area (Å²) in [5, 5.41) is 9.46. The smallest absolute Gasteiger partial charge is 0.308 e. The molecule has 1 aliphatic carbocycles. The van der Waals surface area contributed by atoms with E-state index in [1.165, 1.54) is 6.07 Å². The Kier molecular flexibility index (Phi) is 4.39. The van der Waals surface area contributed by atoms with E-state index in [1.54, 1.807) is 24.8 Å². The average molecular weight is 365 g/mol. The van der Waals surface area contributed by atoms with E-state index < -0.39 is 21.7 Å². The van der Waals surface area contributed by atoms with Crippen molar-refractivity contribution in [3.05, 3.63) is 28.8 Å². The number of carbonyl (C=O) groups excluding carboxylic acids is 1. The maximum absolute atomic E-state index is 13.1. The number of carbonyl (C=O) groups is 2. The van der Waals surface area contributed by atoms with Gasteiger partial charge in [0.2, 0.25) is 0 Å². The van der Waals surface area contributed by atoms with Gasteiger partial charge in [0.25, 0.3) is 5.91 Å². The molecule has 2 bridgehead atoms. The second-order valence-electron chi connectivity index (χ2n) is 7.33. The maximum atomic E-state index is 13.1. The van der Waals surface area contributed by atoms with Gasteiger partial charge in [0.15, 0.2) is 9.84 Å². The molecule has 0 aromatic heterocycles. The largest absolute Gasteiger partial charge is 0.481 e. The molecule has 6 nitrogen and oxygen atoms in total. The zero-order valence-corrected chi connectivity index (χ0v) is 15.5. The Morgan fingerprint density at radius 1 is 1.20 bits per heavy atom. The van der Waals surface area contributed by atoms with Crippen LogP contribution >= 0.6 is 0 Å². The SMILES string of the molecule is Cc1cc(S(C)(=O)=O)cc(C(=O)N2CC3CCC2C(C(=O)O)C3)c1C. The Bertz CT molecular complexity index is 845. The van der Waals surface area contributed by atoms with E-state index in [4.69, 9.17) is 0 Å². The van der Waals surface area contributed by atoms with Gasteiger partial charge in [0, 0.05) is 24.4 Å². The highest BCUT2D eigenvalue weighted by Gasteiger charge is 2.46. The highest BCUT2D eigenvalue weighted by Crippen LogP contribution is 2.40. The van der Waals surface area contributed by atoms with Gasteiger partial charge in [-0.1, -0.05) is 0 Å². The summed E-state index contributed by atoms with van der Waals surface area (Å²) in [5.74, 6) is -1.44. The monoisotopic (exact) mass is 365 g/mol. The fraction of sp³-hybridized carbons (Fsp3) is 0.556. The first kappa shape index (κ1) is 17.9. The van der Waals surface area contributed by atoms with Crippen LogP contribution in [0.25, 0.3) is 0 Å². The van der Waals surface area contributed by atoms with E-state index in [0.717, 1.165) is 23.8 Å². The Hall–Kier alpha value is -1.89. The van der Waals surface area contributed by atoms with Crippen molar-refractivity contribution in [3.8, 4) is 0 Å². The molecule has 1 amide bonds. The molecular weight excluding hydrogens is 342 g/mol. The first-order valence-electron chi connectivity index (χ1n) is 8.44. The molecule has 2 heterocycles. The van der Waals surface area contributed by atoms with Gasteiger partial charge in [-0.15, -0.1) is 0 Å². The number of sulfone groups is 1. The number of hydrogen-bond donors (Lipinski definition) is 1. The number of aliphatic carboxylic acids is 1. The lowest BCUT2D eigenvalue weighted by molar-refractivity contribution is -0.148. The van der Waals surface area contributed by atoms with Crippen molar-refractivity contribution in [2.45, 2.75) is 44.0 Å². The van der Waals surface area contributed by atoms with Gasteiger partial charge in [-0.2, -0.15) is 0 Å². The molecule has 3 fully saturated rings. The lowest BCUT2D eigenvalue weighted by Crippen LogP contribution is -2.57. The second-order valence-corrected chi connectivity index (χ2v) is 9.35. The molecule has 25 heavy (non-hydrogen) atoms. The molecule has 3 aliphatic rings. The number of rotatable bonds is 3. The van der Waals surface area contributed by atoms with Crippen molar-refractivity contribution in [3.63, 3.8) is 0 Å². The summed E-state index contributed by atoms with van der Waals surface area (Å²) < 4.78 is 23.8. The third-order valence-corrected chi connectivity index (χ3v) is 6.75. The molecule has 1 aromatic rings. The minimum Gasteiger partial charge on any atom is -0.481 e. The van der Waals surface area contributed by atoms with Crippen LogP contribution in [-0.4, -0.2) is 49.1 Å². The predicted octanol–water partition coefficient (Wildman–Crippen LogP) is 2.03. The summed E-state index contributed by atoms with van der Waals surface area (Å²) in [6.07, 6.45) is 3.37. The van der Waals surface area contributed by atoms with Crippen LogP contribution < -0.4 is 0 Å². The molecule has 2 saturated heterocycles. The van der Waals surface area contributed by atoms with E-state index in [9.17, 15) is 23.1 Å². The van der Waals surface area contributed by atoms with Crippen LogP contribution in [0, 0.1) is 25.7 Å². The summed E-state index contributed by atoms with van der Waals surface area (Å²) in [4.78, 5) is 26.5. The normalized spacial score (nSPS) is 25.9. The number of piperidine rings is 2. The minimum absolute atomic E-state index is 0.121. The molecule has 4 rings (SSSR count). The molecule has 136 valence electrons. The third kappa shape index (κ3) is 3.17. The van der Waals surface area contributed by atoms with Crippen LogP contribution in [0.2, 0.25) is 0 Å². The molecule has 1 aromatic carbocycles. The van der Waals surface area contributed by atoms with Crippen molar-refractivity contribution in [2.75, 3.05) is 12.8 Å². The van der Waals surface area contributed by atoms with Gasteiger partial charge in [0.05, 0.1) is 10.8 Å². The summed E-state index contributed by atoms with van der Waals surface area (Å²) in [6, 6.07) is 2.69. The number of carboxylic acids is 1. The standard InChI is InChI=1S/C18H23NO5S/c1-10-6-13(25(3,23)24)8-14(11(10)2)17(20)19-9-12-4-5-16(19)15(7-12)18(21)22/h6,8,12,15-16H,4-5,7,9H2,1-3H3,(H,21,22). The highest BCUT2D eigenvalue weighted by atomic mass is 32.2. The van der Waals surface area contributed by atoms with Gasteiger partial charge in [-0.3, -0.25) is 9.59 Å². The van der Waals surface area contributed by atoms with E-state index in [0.29, 0.717) is 24.9 Å². The number of aryl methyl sites for hydroxylation is 1. The predicted molar refractivity (Wildman–Crippen MR) is 92.3 cm³/mol. The quantitative estimate of drug-likeness (QED) is 0.885. The first-order chi connectivity index (χ1) is 11.6. The summed E-state index contributed by atoms with van der Waals surface area (Å²) in [5.41, 5.74) is 1.84. The van der Waals surface area contributed by atoms with Crippen molar-refractivity contribution in [1.29, 1.82) is 0 Å². The van der Waals surface area contributed by atoms with Gasteiger partial charge < -0.3 is 10.0 Å². The third-order valence-electron chi connectivity index (χ3n) is 5.66. The lowest BCUT2D eigenvalue weighted by Gasteiger charge is -2.48. The number of carboxylic acid groups (broad SMARTS) is 1. The van der Waals surface area contributed by atoms with Gasteiger partial charge in [0.1, 0.15) is 0 Å². The second kappa shape index (κ2) is 6.12. The van der Waals surface area contributed by atoms with Gasteiger partial charge in [-0.05, 0) is 62.3 Å². The van der Waals surface area contributed by atoms with E-state index in [1.807, 2.05) is 0 Å². The van der Waals surface area contributed by atoms with Crippen molar-refractivity contribution in [1.82, 2.24) is 4.90 Å². The summed E-state index contributed by atoms with van der Waals surface area (Å²) in [6.45, 7) is 4.13. The molecule has 0 spiro atoms.